The van der Waals surface area contributed by atoms with Crippen molar-refractivity contribution in [3.05, 3.63) is 36.7 Å². The molecule has 5 rings (SSSR count). The highest BCUT2D eigenvalue weighted by atomic mass is 16.2. The summed E-state index contributed by atoms with van der Waals surface area (Å²) in [6.07, 6.45) is 12.5. The topological polar surface area (TPSA) is 56.8 Å². The van der Waals surface area contributed by atoms with E-state index in [4.69, 9.17) is 0 Å². The van der Waals surface area contributed by atoms with Crippen LogP contribution in [0.2, 0.25) is 0 Å². The van der Waals surface area contributed by atoms with Crippen molar-refractivity contribution in [2.45, 2.75) is 57.9 Å². The molecule has 2 unspecified atom stereocenters. The van der Waals surface area contributed by atoms with Gasteiger partial charge in [-0.15, -0.1) is 0 Å². The zero-order chi connectivity index (χ0) is 22.8. The number of likely N-dealkylation sites (tertiary alicyclic amines) is 1. The van der Waals surface area contributed by atoms with Gasteiger partial charge in [0, 0.05) is 67.6 Å². The molecule has 1 aromatic carbocycles. The average Bonchev–Trinajstić information content (AvgIpc) is 2.88. The minimum atomic E-state index is -0.312. The van der Waals surface area contributed by atoms with Gasteiger partial charge >= 0.3 is 11.8 Å². The molecular formula is C27H36N4O2. The van der Waals surface area contributed by atoms with Gasteiger partial charge in [-0.25, -0.2) is 0 Å². The molecule has 3 fully saturated rings. The lowest BCUT2D eigenvalue weighted by molar-refractivity contribution is -0.154. The molecule has 2 atom stereocenters. The van der Waals surface area contributed by atoms with E-state index in [9.17, 15) is 9.59 Å². The van der Waals surface area contributed by atoms with E-state index in [2.05, 4.69) is 41.1 Å². The van der Waals surface area contributed by atoms with Crippen LogP contribution in [-0.4, -0.2) is 65.4 Å². The second-order valence-electron chi connectivity index (χ2n) is 10.2. The van der Waals surface area contributed by atoms with E-state index >= 15 is 0 Å². The van der Waals surface area contributed by atoms with E-state index in [1.54, 1.807) is 4.90 Å². The van der Waals surface area contributed by atoms with Crippen LogP contribution in [0.25, 0.3) is 10.8 Å². The molecule has 1 aromatic heterocycles. The van der Waals surface area contributed by atoms with Gasteiger partial charge in [-0.1, -0.05) is 44.2 Å². The number of amides is 2. The maximum atomic E-state index is 13.3. The van der Waals surface area contributed by atoms with Crippen molar-refractivity contribution in [2.75, 3.05) is 37.6 Å². The van der Waals surface area contributed by atoms with Crippen molar-refractivity contribution >= 4 is 28.3 Å². The van der Waals surface area contributed by atoms with Crippen LogP contribution < -0.4 is 4.90 Å². The molecule has 6 heteroatoms. The summed E-state index contributed by atoms with van der Waals surface area (Å²) < 4.78 is 0. The molecule has 1 saturated carbocycles. The number of hydrogen-bond donors (Lipinski definition) is 0. The minimum Gasteiger partial charge on any atom is -0.367 e. The van der Waals surface area contributed by atoms with Crippen molar-refractivity contribution in [3.8, 4) is 0 Å². The molecular weight excluding hydrogens is 412 g/mol. The first-order chi connectivity index (χ1) is 16.1. The fourth-order valence-electron chi connectivity index (χ4n) is 6.30. The second kappa shape index (κ2) is 9.70. The van der Waals surface area contributed by atoms with Crippen molar-refractivity contribution in [2.24, 2.45) is 11.8 Å². The lowest BCUT2D eigenvalue weighted by Gasteiger charge is -2.42. The number of piperazine rings is 1. The largest absolute Gasteiger partial charge is 0.367 e. The Hall–Kier alpha value is -2.63. The molecule has 0 bridgehead atoms. The molecule has 0 radical (unpaired) electrons. The molecule has 0 N–H and O–H groups in total. The molecule has 1 aliphatic carbocycles. The van der Waals surface area contributed by atoms with Crippen LogP contribution in [0, 0.1) is 11.8 Å². The summed E-state index contributed by atoms with van der Waals surface area (Å²) in [5.41, 5.74) is 1.17. The molecule has 2 amide bonds. The Balaban J connectivity index is 1.23. The number of fused-ring (bicyclic) bond motifs is 1. The number of benzene rings is 1. The third-order valence-corrected chi connectivity index (χ3v) is 8.13. The van der Waals surface area contributed by atoms with Gasteiger partial charge in [-0.3, -0.25) is 14.6 Å². The number of anilines is 1. The van der Waals surface area contributed by atoms with E-state index in [0.29, 0.717) is 12.5 Å². The van der Waals surface area contributed by atoms with Crippen LogP contribution in [0.15, 0.2) is 36.7 Å². The smallest absolute Gasteiger partial charge is 0.312 e. The molecule has 2 saturated heterocycles. The summed E-state index contributed by atoms with van der Waals surface area (Å²) in [6.45, 7) is 5.60. The standard InChI is InChI=1S/C27H36N4O2/c1-20-18-29(25-11-5-9-22-17-28-13-12-24(22)25)15-16-31(20)27(33)26(32)30-14-6-10-23(19-30)21-7-3-2-4-8-21/h5,9,11-13,17,20-21,23H,2-4,6-8,10,14-16,18-19H2,1H3. The maximum absolute atomic E-state index is 13.3. The van der Waals surface area contributed by atoms with Gasteiger partial charge in [0.15, 0.2) is 0 Å². The Morgan fingerprint density at radius 3 is 2.52 bits per heavy atom. The highest BCUT2D eigenvalue weighted by molar-refractivity contribution is 6.35. The first-order valence-electron chi connectivity index (χ1n) is 12.8. The van der Waals surface area contributed by atoms with Crippen LogP contribution in [-0.2, 0) is 9.59 Å². The lowest BCUT2D eigenvalue weighted by Crippen LogP contribution is -2.58. The number of hydrogen-bond acceptors (Lipinski definition) is 4. The number of carbonyl (C=O) groups is 2. The van der Waals surface area contributed by atoms with Crippen LogP contribution in [0.1, 0.15) is 51.9 Å². The van der Waals surface area contributed by atoms with Gasteiger partial charge in [-0.05, 0) is 43.7 Å². The first kappa shape index (κ1) is 22.2. The van der Waals surface area contributed by atoms with Crippen LogP contribution >= 0.6 is 0 Å². The van der Waals surface area contributed by atoms with Gasteiger partial charge in [0.1, 0.15) is 0 Å². The van der Waals surface area contributed by atoms with E-state index in [-0.39, 0.29) is 17.9 Å². The summed E-state index contributed by atoms with van der Waals surface area (Å²) in [5, 5.41) is 2.30. The zero-order valence-electron chi connectivity index (χ0n) is 19.8. The van der Waals surface area contributed by atoms with Crippen LogP contribution in [0.3, 0.4) is 0 Å². The highest BCUT2D eigenvalue weighted by Crippen LogP contribution is 2.35. The van der Waals surface area contributed by atoms with E-state index in [1.807, 2.05) is 17.3 Å². The Bertz CT molecular complexity index is 997. The van der Waals surface area contributed by atoms with Crippen molar-refractivity contribution < 1.29 is 9.59 Å². The summed E-state index contributed by atoms with van der Waals surface area (Å²) >= 11 is 0. The number of rotatable bonds is 2. The quantitative estimate of drug-likeness (QED) is 0.650. The van der Waals surface area contributed by atoms with Gasteiger partial charge in [0.05, 0.1) is 0 Å². The predicted molar refractivity (Wildman–Crippen MR) is 131 cm³/mol. The number of aromatic nitrogens is 1. The summed E-state index contributed by atoms with van der Waals surface area (Å²) in [5.74, 6) is 0.717. The maximum Gasteiger partial charge on any atom is 0.312 e. The van der Waals surface area contributed by atoms with Crippen molar-refractivity contribution in [3.63, 3.8) is 0 Å². The van der Waals surface area contributed by atoms with Gasteiger partial charge in [-0.2, -0.15) is 0 Å². The van der Waals surface area contributed by atoms with Crippen LogP contribution in [0.4, 0.5) is 5.69 Å². The fraction of sp³-hybridized carbons (Fsp3) is 0.593. The van der Waals surface area contributed by atoms with Crippen LogP contribution in [0.5, 0.6) is 0 Å². The third-order valence-electron chi connectivity index (χ3n) is 8.13. The Morgan fingerprint density at radius 1 is 0.879 bits per heavy atom. The molecule has 2 aromatic rings. The molecule has 3 heterocycles. The van der Waals surface area contributed by atoms with Gasteiger partial charge in [0.25, 0.3) is 0 Å². The fourth-order valence-corrected chi connectivity index (χ4v) is 6.30. The molecule has 0 spiro atoms. The number of pyridine rings is 1. The molecule has 176 valence electrons. The predicted octanol–water partition coefficient (Wildman–Crippen LogP) is 4.09. The molecule has 6 nitrogen and oxygen atoms in total. The highest BCUT2D eigenvalue weighted by Gasteiger charge is 2.37. The molecule has 33 heavy (non-hydrogen) atoms. The van der Waals surface area contributed by atoms with Gasteiger partial charge in [0.2, 0.25) is 0 Å². The second-order valence-corrected chi connectivity index (χ2v) is 10.2. The minimum absolute atomic E-state index is 0.00812. The summed E-state index contributed by atoms with van der Waals surface area (Å²) in [4.78, 5) is 36.7. The monoisotopic (exact) mass is 448 g/mol. The number of nitrogens with zero attached hydrogens (tertiary/aromatic N) is 4. The molecule has 2 aliphatic heterocycles. The summed E-state index contributed by atoms with van der Waals surface area (Å²) in [6, 6.07) is 8.31. The molecule has 3 aliphatic rings. The third kappa shape index (κ3) is 4.57. The zero-order valence-corrected chi connectivity index (χ0v) is 19.8. The van der Waals surface area contributed by atoms with E-state index < -0.39 is 0 Å². The number of carbonyl (C=O) groups excluding carboxylic acids is 2. The van der Waals surface area contributed by atoms with Crippen molar-refractivity contribution in [1.82, 2.24) is 14.8 Å². The lowest BCUT2D eigenvalue weighted by atomic mass is 9.76. The average molecular weight is 449 g/mol. The Labute approximate surface area is 196 Å². The van der Waals surface area contributed by atoms with E-state index in [1.165, 1.54) is 49.6 Å². The van der Waals surface area contributed by atoms with Gasteiger partial charge < -0.3 is 14.7 Å². The van der Waals surface area contributed by atoms with Crippen molar-refractivity contribution in [1.29, 1.82) is 0 Å². The summed E-state index contributed by atoms with van der Waals surface area (Å²) in [7, 11) is 0. The number of piperidine rings is 1. The Morgan fingerprint density at radius 2 is 1.70 bits per heavy atom. The first-order valence-corrected chi connectivity index (χ1v) is 12.8. The Kier molecular flexibility index (Phi) is 6.52. The SMILES string of the molecule is CC1CN(c2cccc3cnccc23)CCN1C(=O)C(=O)N1CCCC(C2CCCCC2)C1. The van der Waals surface area contributed by atoms with E-state index in [0.717, 1.165) is 43.9 Å². The normalized spacial score (nSPS) is 24.8.